The standard InChI is InChI=1S/C19H14FN7/c1-11-23-15-7-4-13(20)8-16(15)27(11)18-9-17(22)25-19(26-18)24-14-5-2-12(10-21)3-6-14/h2-9H,1H3,(H3,22,24,25,26). The predicted octanol–water partition coefficient (Wildman–Crippen LogP) is 3.46. The number of nitrogens with one attached hydrogen (secondary N) is 1. The molecule has 0 saturated heterocycles. The van der Waals surface area contributed by atoms with Crippen LogP contribution in [0.5, 0.6) is 0 Å². The molecule has 132 valence electrons. The van der Waals surface area contributed by atoms with Crippen LogP contribution in [0.4, 0.5) is 21.8 Å². The van der Waals surface area contributed by atoms with Crippen molar-refractivity contribution in [1.29, 1.82) is 5.26 Å². The van der Waals surface area contributed by atoms with Gasteiger partial charge in [-0.3, -0.25) is 4.57 Å². The largest absolute Gasteiger partial charge is 0.383 e. The summed E-state index contributed by atoms with van der Waals surface area (Å²) >= 11 is 0. The van der Waals surface area contributed by atoms with Gasteiger partial charge in [0.15, 0.2) is 0 Å². The molecular formula is C19H14FN7. The number of imidazole rings is 1. The van der Waals surface area contributed by atoms with E-state index in [4.69, 9.17) is 11.0 Å². The van der Waals surface area contributed by atoms with Gasteiger partial charge in [-0.15, -0.1) is 0 Å². The Hall–Kier alpha value is -3.99. The summed E-state index contributed by atoms with van der Waals surface area (Å²) in [7, 11) is 0. The molecule has 0 spiro atoms. The second kappa shape index (κ2) is 6.38. The Kier molecular flexibility index (Phi) is 3.90. The van der Waals surface area contributed by atoms with Gasteiger partial charge in [-0.1, -0.05) is 0 Å². The van der Waals surface area contributed by atoms with E-state index in [1.165, 1.54) is 12.1 Å². The zero-order valence-corrected chi connectivity index (χ0v) is 14.3. The molecule has 27 heavy (non-hydrogen) atoms. The van der Waals surface area contributed by atoms with Crippen LogP contribution >= 0.6 is 0 Å². The summed E-state index contributed by atoms with van der Waals surface area (Å²) in [6.45, 7) is 1.81. The van der Waals surface area contributed by atoms with E-state index in [0.29, 0.717) is 33.9 Å². The van der Waals surface area contributed by atoms with E-state index >= 15 is 0 Å². The molecule has 0 aliphatic rings. The highest BCUT2D eigenvalue weighted by atomic mass is 19.1. The Labute approximate surface area is 153 Å². The maximum Gasteiger partial charge on any atom is 0.231 e. The number of aryl methyl sites for hydroxylation is 1. The average molecular weight is 359 g/mol. The normalized spacial score (nSPS) is 10.7. The number of nitrogens with zero attached hydrogens (tertiary/aromatic N) is 5. The Morgan fingerprint density at radius 2 is 1.85 bits per heavy atom. The van der Waals surface area contributed by atoms with Crippen LogP contribution in [0.25, 0.3) is 16.9 Å². The van der Waals surface area contributed by atoms with Crippen LogP contribution in [-0.2, 0) is 0 Å². The van der Waals surface area contributed by atoms with Crippen molar-refractivity contribution >= 4 is 28.5 Å². The van der Waals surface area contributed by atoms with Crippen molar-refractivity contribution in [2.24, 2.45) is 0 Å². The predicted molar refractivity (Wildman–Crippen MR) is 100 cm³/mol. The minimum absolute atomic E-state index is 0.258. The second-order valence-electron chi connectivity index (χ2n) is 5.92. The Bertz CT molecular complexity index is 1190. The molecule has 7 nitrogen and oxygen atoms in total. The third-order valence-electron chi connectivity index (χ3n) is 4.02. The molecule has 0 saturated carbocycles. The quantitative estimate of drug-likeness (QED) is 0.580. The molecule has 0 aliphatic heterocycles. The van der Waals surface area contributed by atoms with Gasteiger partial charge in [-0.2, -0.15) is 15.2 Å². The first-order valence-electron chi connectivity index (χ1n) is 8.10. The van der Waals surface area contributed by atoms with Crippen LogP contribution in [0, 0.1) is 24.1 Å². The van der Waals surface area contributed by atoms with Crippen LogP contribution in [0.15, 0.2) is 48.5 Å². The first kappa shape index (κ1) is 16.5. The van der Waals surface area contributed by atoms with Gasteiger partial charge >= 0.3 is 0 Å². The number of benzene rings is 2. The van der Waals surface area contributed by atoms with E-state index in [9.17, 15) is 4.39 Å². The van der Waals surface area contributed by atoms with Crippen LogP contribution in [0.1, 0.15) is 11.4 Å². The number of aromatic nitrogens is 4. The smallest absolute Gasteiger partial charge is 0.231 e. The highest BCUT2D eigenvalue weighted by Gasteiger charge is 2.13. The van der Waals surface area contributed by atoms with E-state index in [-0.39, 0.29) is 17.6 Å². The van der Waals surface area contributed by atoms with Gasteiger partial charge in [0.1, 0.15) is 23.3 Å². The average Bonchev–Trinajstić information content (AvgIpc) is 2.97. The molecule has 0 unspecified atom stereocenters. The van der Waals surface area contributed by atoms with Gasteiger partial charge in [-0.05, 0) is 43.3 Å². The van der Waals surface area contributed by atoms with Crippen molar-refractivity contribution in [3.05, 3.63) is 65.7 Å². The number of nitriles is 1. The first-order valence-corrected chi connectivity index (χ1v) is 8.10. The Balaban J connectivity index is 1.78. The maximum atomic E-state index is 13.7. The Morgan fingerprint density at radius 3 is 2.59 bits per heavy atom. The van der Waals surface area contributed by atoms with Crippen LogP contribution in [-0.4, -0.2) is 19.5 Å². The van der Waals surface area contributed by atoms with Crippen LogP contribution in [0.2, 0.25) is 0 Å². The molecular weight excluding hydrogens is 345 g/mol. The topological polar surface area (TPSA) is 105 Å². The molecule has 2 aromatic heterocycles. The monoisotopic (exact) mass is 359 g/mol. The maximum absolute atomic E-state index is 13.7. The highest BCUT2D eigenvalue weighted by molar-refractivity contribution is 5.78. The Morgan fingerprint density at radius 1 is 1.07 bits per heavy atom. The lowest BCUT2D eigenvalue weighted by Gasteiger charge is -2.10. The highest BCUT2D eigenvalue weighted by Crippen LogP contribution is 2.23. The number of halogens is 1. The summed E-state index contributed by atoms with van der Waals surface area (Å²) in [6.07, 6.45) is 0. The van der Waals surface area contributed by atoms with Crippen molar-refractivity contribution in [1.82, 2.24) is 19.5 Å². The van der Waals surface area contributed by atoms with Gasteiger partial charge in [-0.25, -0.2) is 9.37 Å². The van der Waals surface area contributed by atoms with Gasteiger partial charge in [0, 0.05) is 17.8 Å². The molecule has 8 heteroatoms. The lowest BCUT2D eigenvalue weighted by molar-refractivity contribution is 0.629. The van der Waals surface area contributed by atoms with E-state index < -0.39 is 0 Å². The van der Waals surface area contributed by atoms with E-state index in [1.54, 1.807) is 41.0 Å². The van der Waals surface area contributed by atoms with Gasteiger partial charge in [0.25, 0.3) is 0 Å². The fourth-order valence-corrected chi connectivity index (χ4v) is 2.84. The third-order valence-corrected chi connectivity index (χ3v) is 4.02. The minimum atomic E-state index is -0.360. The lowest BCUT2D eigenvalue weighted by Crippen LogP contribution is -2.07. The van der Waals surface area contributed by atoms with Crippen LogP contribution < -0.4 is 11.1 Å². The summed E-state index contributed by atoms with van der Waals surface area (Å²) < 4.78 is 15.4. The van der Waals surface area contributed by atoms with E-state index in [0.717, 1.165) is 0 Å². The SMILES string of the molecule is Cc1nc2ccc(F)cc2n1-c1cc(N)nc(Nc2ccc(C#N)cc2)n1. The number of anilines is 3. The number of rotatable bonds is 3. The summed E-state index contributed by atoms with van der Waals surface area (Å²) in [4.78, 5) is 13.1. The minimum Gasteiger partial charge on any atom is -0.383 e. The van der Waals surface area contributed by atoms with E-state index in [1.807, 2.05) is 6.92 Å². The van der Waals surface area contributed by atoms with Gasteiger partial charge < -0.3 is 11.1 Å². The number of nitrogens with two attached hydrogens (primary N) is 1. The van der Waals surface area contributed by atoms with Crippen molar-refractivity contribution in [3.63, 3.8) is 0 Å². The number of hydrogen-bond acceptors (Lipinski definition) is 6. The summed E-state index contributed by atoms with van der Waals surface area (Å²) in [6, 6.07) is 14.9. The third kappa shape index (κ3) is 3.14. The first-order chi connectivity index (χ1) is 13.0. The number of hydrogen-bond donors (Lipinski definition) is 2. The van der Waals surface area contributed by atoms with Gasteiger partial charge in [0.05, 0.1) is 22.7 Å². The fraction of sp³-hybridized carbons (Fsp3) is 0.0526. The molecule has 3 N–H and O–H groups in total. The summed E-state index contributed by atoms with van der Waals surface area (Å²) in [5.74, 6) is 1.31. The molecule has 0 fully saturated rings. The fourth-order valence-electron chi connectivity index (χ4n) is 2.84. The molecule has 2 heterocycles. The van der Waals surface area contributed by atoms with Gasteiger partial charge in [0.2, 0.25) is 5.95 Å². The molecule has 4 rings (SSSR count). The summed E-state index contributed by atoms with van der Waals surface area (Å²) in [5.41, 5.74) is 8.46. The molecule has 0 atom stereocenters. The number of nitrogen functional groups attached to an aromatic ring is 1. The molecule has 0 radical (unpaired) electrons. The van der Waals surface area contributed by atoms with Crippen molar-refractivity contribution < 1.29 is 4.39 Å². The van der Waals surface area contributed by atoms with Crippen LogP contribution in [0.3, 0.4) is 0 Å². The van der Waals surface area contributed by atoms with E-state index in [2.05, 4.69) is 26.3 Å². The second-order valence-corrected chi connectivity index (χ2v) is 5.92. The van der Waals surface area contributed by atoms with Crippen molar-refractivity contribution in [2.75, 3.05) is 11.1 Å². The molecule has 0 amide bonds. The van der Waals surface area contributed by atoms with Crippen molar-refractivity contribution in [2.45, 2.75) is 6.92 Å². The molecule has 4 aromatic rings. The molecule has 2 aromatic carbocycles. The zero-order chi connectivity index (χ0) is 19.0. The summed E-state index contributed by atoms with van der Waals surface area (Å²) in [5, 5.41) is 11.9. The molecule has 0 aliphatic carbocycles. The number of fused-ring (bicyclic) bond motifs is 1. The molecule has 0 bridgehead atoms. The van der Waals surface area contributed by atoms with Crippen molar-refractivity contribution in [3.8, 4) is 11.9 Å². The zero-order valence-electron chi connectivity index (χ0n) is 14.3. The lowest BCUT2D eigenvalue weighted by atomic mass is 10.2.